The fourth-order valence-corrected chi connectivity index (χ4v) is 2.93. The first-order valence-corrected chi connectivity index (χ1v) is 8.24. The second-order valence-corrected chi connectivity index (χ2v) is 6.96. The zero-order valence-corrected chi connectivity index (χ0v) is 12.6. The molecule has 0 bridgehead atoms. The minimum absolute atomic E-state index is 0.222. The molecule has 1 atom stereocenters. The van der Waals surface area contributed by atoms with E-state index in [-0.39, 0.29) is 10.7 Å². The molecule has 21 heavy (non-hydrogen) atoms. The summed E-state index contributed by atoms with van der Waals surface area (Å²) in [7, 11) is -3.29. The largest absolute Gasteiger partial charge is 0.271 e. The van der Waals surface area contributed by atoms with Crippen LogP contribution in [0.3, 0.4) is 0 Å². The summed E-state index contributed by atoms with van der Waals surface area (Å²) >= 11 is 0. The topological polar surface area (TPSA) is 72.2 Å². The van der Waals surface area contributed by atoms with E-state index < -0.39 is 15.9 Å². The molecule has 0 heterocycles. The lowest BCUT2D eigenvalue weighted by molar-refractivity contribution is 0.600. The maximum atomic E-state index is 13.2. The van der Waals surface area contributed by atoms with E-state index in [1.807, 2.05) is 0 Å². The smallest absolute Gasteiger partial charge is 0.175 e. The van der Waals surface area contributed by atoms with Crippen LogP contribution in [-0.2, 0) is 9.84 Å². The van der Waals surface area contributed by atoms with Gasteiger partial charge in [-0.05, 0) is 47.9 Å². The summed E-state index contributed by atoms with van der Waals surface area (Å²) in [5, 5.41) is 0. The van der Waals surface area contributed by atoms with Crippen molar-refractivity contribution in [1.29, 1.82) is 0 Å². The number of hydrazine groups is 1. The van der Waals surface area contributed by atoms with Crippen molar-refractivity contribution in [2.75, 3.05) is 6.26 Å². The highest BCUT2D eigenvalue weighted by Crippen LogP contribution is 2.26. The van der Waals surface area contributed by atoms with Crippen LogP contribution in [0.15, 0.2) is 47.4 Å². The number of nitrogens with one attached hydrogen (secondary N) is 1. The SMILES string of the molecule is Cc1cc(F)ccc1C(NN)c1cccc(S(C)(=O)=O)c1. The van der Waals surface area contributed by atoms with Crippen molar-refractivity contribution < 1.29 is 12.8 Å². The molecule has 1 unspecified atom stereocenters. The van der Waals surface area contributed by atoms with Gasteiger partial charge in [-0.2, -0.15) is 0 Å². The molecular formula is C15H17FN2O2S. The molecule has 0 fully saturated rings. The van der Waals surface area contributed by atoms with Gasteiger partial charge in [-0.3, -0.25) is 5.84 Å². The normalized spacial score (nSPS) is 13.1. The Bertz CT molecular complexity index is 760. The van der Waals surface area contributed by atoms with E-state index in [0.717, 1.165) is 17.4 Å². The van der Waals surface area contributed by atoms with Crippen molar-refractivity contribution in [2.45, 2.75) is 17.9 Å². The number of aryl methyl sites for hydroxylation is 1. The average Bonchev–Trinajstić information content (AvgIpc) is 2.41. The summed E-state index contributed by atoms with van der Waals surface area (Å²) in [5.41, 5.74) is 4.89. The first-order valence-electron chi connectivity index (χ1n) is 6.35. The van der Waals surface area contributed by atoms with Crippen LogP contribution >= 0.6 is 0 Å². The van der Waals surface area contributed by atoms with Gasteiger partial charge in [0.2, 0.25) is 0 Å². The van der Waals surface area contributed by atoms with Gasteiger partial charge in [-0.15, -0.1) is 0 Å². The van der Waals surface area contributed by atoms with E-state index in [0.29, 0.717) is 5.56 Å². The van der Waals surface area contributed by atoms with Gasteiger partial charge in [0.1, 0.15) is 5.82 Å². The third-order valence-corrected chi connectivity index (χ3v) is 4.44. The minimum atomic E-state index is -3.29. The lowest BCUT2D eigenvalue weighted by Crippen LogP contribution is -2.29. The van der Waals surface area contributed by atoms with Gasteiger partial charge in [-0.1, -0.05) is 18.2 Å². The zero-order valence-electron chi connectivity index (χ0n) is 11.8. The van der Waals surface area contributed by atoms with Gasteiger partial charge < -0.3 is 0 Å². The van der Waals surface area contributed by atoms with Crippen molar-refractivity contribution in [2.24, 2.45) is 5.84 Å². The van der Waals surface area contributed by atoms with E-state index in [1.165, 1.54) is 18.2 Å². The molecule has 0 aliphatic heterocycles. The summed E-state index contributed by atoms with van der Waals surface area (Å²) in [4.78, 5) is 0.222. The number of benzene rings is 2. The molecule has 0 aromatic heterocycles. The molecule has 0 saturated heterocycles. The molecule has 0 amide bonds. The molecule has 2 aromatic rings. The molecule has 4 nitrogen and oxygen atoms in total. The zero-order chi connectivity index (χ0) is 15.6. The Balaban J connectivity index is 2.51. The number of sulfone groups is 1. The van der Waals surface area contributed by atoms with E-state index in [4.69, 9.17) is 5.84 Å². The summed E-state index contributed by atoms with van der Waals surface area (Å²) in [6.07, 6.45) is 1.15. The van der Waals surface area contributed by atoms with Gasteiger partial charge in [0.15, 0.2) is 9.84 Å². The fourth-order valence-electron chi connectivity index (χ4n) is 2.25. The Labute approximate surface area is 123 Å². The molecule has 0 radical (unpaired) electrons. The lowest BCUT2D eigenvalue weighted by atomic mass is 9.95. The highest BCUT2D eigenvalue weighted by atomic mass is 32.2. The van der Waals surface area contributed by atoms with E-state index >= 15 is 0 Å². The summed E-state index contributed by atoms with van der Waals surface area (Å²) < 4.78 is 36.5. The van der Waals surface area contributed by atoms with Crippen molar-refractivity contribution in [3.8, 4) is 0 Å². The maximum absolute atomic E-state index is 13.2. The number of nitrogens with two attached hydrogens (primary N) is 1. The second kappa shape index (κ2) is 5.93. The van der Waals surface area contributed by atoms with Crippen molar-refractivity contribution >= 4 is 9.84 Å². The van der Waals surface area contributed by atoms with Crippen LogP contribution in [-0.4, -0.2) is 14.7 Å². The van der Waals surface area contributed by atoms with Crippen LogP contribution < -0.4 is 11.3 Å². The van der Waals surface area contributed by atoms with E-state index in [9.17, 15) is 12.8 Å². The highest BCUT2D eigenvalue weighted by Gasteiger charge is 2.17. The first kappa shape index (κ1) is 15.6. The maximum Gasteiger partial charge on any atom is 0.175 e. The first-order chi connectivity index (χ1) is 9.82. The summed E-state index contributed by atoms with van der Waals surface area (Å²) in [5.74, 6) is 5.29. The molecule has 0 aliphatic carbocycles. The van der Waals surface area contributed by atoms with Gasteiger partial charge in [-0.25, -0.2) is 18.2 Å². The molecule has 0 aliphatic rings. The Morgan fingerprint density at radius 2 is 1.90 bits per heavy atom. The molecule has 3 N–H and O–H groups in total. The van der Waals surface area contributed by atoms with Gasteiger partial charge >= 0.3 is 0 Å². The van der Waals surface area contributed by atoms with E-state index in [1.54, 1.807) is 31.2 Å². The van der Waals surface area contributed by atoms with Gasteiger partial charge in [0, 0.05) is 6.26 Å². The molecule has 2 rings (SSSR count). The molecule has 112 valence electrons. The van der Waals surface area contributed by atoms with Crippen molar-refractivity contribution in [1.82, 2.24) is 5.43 Å². The Kier molecular flexibility index (Phi) is 4.41. The minimum Gasteiger partial charge on any atom is -0.271 e. The van der Waals surface area contributed by atoms with Gasteiger partial charge in [0.05, 0.1) is 10.9 Å². The monoisotopic (exact) mass is 308 g/mol. The van der Waals surface area contributed by atoms with Crippen LogP contribution in [0.5, 0.6) is 0 Å². The quantitative estimate of drug-likeness (QED) is 0.670. The van der Waals surface area contributed by atoms with Crippen LogP contribution in [0.25, 0.3) is 0 Å². The van der Waals surface area contributed by atoms with Crippen molar-refractivity contribution in [3.05, 3.63) is 65.0 Å². The predicted octanol–water partition coefficient (Wildman–Crippen LogP) is 2.09. The fraction of sp³-hybridized carbons (Fsp3) is 0.200. The number of hydrogen-bond acceptors (Lipinski definition) is 4. The second-order valence-electron chi connectivity index (χ2n) is 4.95. The van der Waals surface area contributed by atoms with E-state index in [2.05, 4.69) is 5.43 Å². The third-order valence-electron chi connectivity index (χ3n) is 3.33. The molecule has 2 aromatic carbocycles. The molecule has 0 saturated carbocycles. The summed E-state index contributed by atoms with van der Waals surface area (Å²) in [6, 6.07) is 10.5. The van der Waals surface area contributed by atoms with Crippen LogP contribution in [0.4, 0.5) is 4.39 Å². The average molecular weight is 308 g/mol. The lowest BCUT2D eigenvalue weighted by Gasteiger charge is -2.19. The summed E-state index contributed by atoms with van der Waals surface area (Å²) in [6.45, 7) is 1.78. The van der Waals surface area contributed by atoms with Crippen molar-refractivity contribution in [3.63, 3.8) is 0 Å². The number of rotatable bonds is 4. The molecule has 0 spiro atoms. The Morgan fingerprint density at radius 3 is 2.48 bits per heavy atom. The number of hydrogen-bond donors (Lipinski definition) is 2. The number of halogens is 1. The van der Waals surface area contributed by atoms with Crippen LogP contribution in [0.2, 0.25) is 0 Å². The van der Waals surface area contributed by atoms with Crippen LogP contribution in [0.1, 0.15) is 22.7 Å². The Hall–Kier alpha value is -1.76. The predicted molar refractivity (Wildman–Crippen MR) is 79.9 cm³/mol. The van der Waals surface area contributed by atoms with Crippen LogP contribution in [0, 0.1) is 12.7 Å². The Morgan fingerprint density at radius 1 is 1.19 bits per heavy atom. The van der Waals surface area contributed by atoms with Gasteiger partial charge in [0.25, 0.3) is 0 Å². The standard InChI is InChI=1S/C15H17FN2O2S/c1-10-8-12(16)6-7-14(10)15(18-17)11-4-3-5-13(9-11)21(2,19)20/h3-9,15,18H,17H2,1-2H3. The third kappa shape index (κ3) is 3.47. The highest BCUT2D eigenvalue weighted by molar-refractivity contribution is 7.90. The molecule has 6 heteroatoms. The molecular weight excluding hydrogens is 291 g/mol.